The van der Waals surface area contributed by atoms with Crippen molar-refractivity contribution in [2.24, 2.45) is 0 Å². The number of benzene rings is 2. The number of ketones is 1. The highest BCUT2D eigenvalue weighted by Crippen LogP contribution is 2.20. The van der Waals surface area contributed by atoms with Gasteiger partial charge >= 0.3 is 0 Å². The molecule has 0 spiro atoms. The lowest BCUT2D eigenvalue weighted by Crippen LogP contribution is -2.42. The zero-order valence-corrected chi connectivity index (χ0v) is 19.4. The van der Waals surface area contributed by atoms with Gasteiger partial charge in [-0.1, -0.05) is 53.7 Å². The second kappa shape index (κ2) is 11.3. The summed E-state index contributed by atoms with van der Waals surface area (Å²) in [4.78, 5) is 42.1. The maximum Gasteiger partial charge on any atom is 0.262 e. The Morgan fingerprint density at radius 1 is 1.22 bits per heavy atom. The molecule has 1 unspecified atom stereocenters. The van der Waals surface area contributed by atoms with Crippen molar-refractivity contribution in [2.75, 3.05) is 19.5 Å². The Bertz CT molecular complexity index is 1170. The molecule has 1 heterocycles. The Morgan fingerprint density at radius 2 is 1.97 bits per heavy atom. The lowest BCUT2D eigenvalue weighted by atomic mass is 10.0. The maximum absolute atomic E-state index is 12.9. The number of nitrogens with zero attached hydrogens (tertiary/aromatic N) is 2. The highest BCUT2D eigenvalue weighted by molar-refractivity contribution is 7.99. The van der Waals surface area contributed by atoms with Crippen molar-refractivity contribution in [3.05, 3.63) is 69.5 Å². The molecule has 168 valence electrons. The summed E-state index contributed by atoms with van der Waals surface area (Å²) in [6, 6.07) is 13.8. The molecule has 0 saturated heterocycles. The first-order valence-electron chi connectivity index (χ1n) is 10.0. The number of amides is 1. The van der Waals surface area contributed by atoms with E-state index in [0.29, 0.717) is 40.7 Å². The van der Waals surface area contributed by atoms with Gasteiger partial charge < -0.3 is 10.1 Å². The van der Waals surface area contributed by atoms with Gasteiger partial charge in [-0.2, -0.15) is 0 Å². The van der Waals surface area contributed by atoms with Crippen molar-refractivity contribution >= 4 is 46.0 Å². The second-order valence-electron chi connectivity index (χ2n) is 7.21. The third-order valence-corrected chi connectivity index (χ3v) is 6.05. The van der Waals surface area contributed by atoms with Gasteiger partial charge in [0.2, 0.25) is 5.91 Å². The second-order valence-corrected chi connectivity index (χ2v) is 8.59. The van der Waals surface area contributed by atoms with Gasteiger partial charge in [-0.15, -0.1) is 0 Å². The molecule has 2 aromatic carbocycles. The first kappa shape index (κ1) is 24.0. The standard InChI is InChI=1S/C23H24ClN3O4S/c1-15(28)19(12-16-6-4-3-5-7-16)25-21(29)14-32-23-26-20-13-17(24)8-9-18(20)22(30)27(23)10-11-31-2/h3-9,13,19H,10-12,14H2,1-2H3,(H,25,29). The minimum atomic E-state index is -0.621. The summed E-state index contributed by atoms with van der Waals surface area (Å²) in [6.45, 7) is 2.08. The van der Waals surface area contributed by atoms with Crippen LogP contribution in [0.1, 0.15) is 12.5 Å². The van der Waals surface area contributed by atoms with E-state index < -0.39 is 6.04 Å². The van der Waals surface area contributed by atoms with Crippen molar-refractivity contribution in [1.29, 1.82) is 0 Å². The molecule has 0 radical (unpaired) electrons. The van der Waals surface area contributed by atoms with Gasteiger partial charge in [0.25, 0.3) is 5.56 Å². The highest BCUT2D eigenvalue weighted by atomic mass is 35.5. The molecule has 0 aliphatic heterocycles. The summed E-state index contributed by atoms with van der Waals surface area (Å²) in [5.41, 5.74) is 1.20. The van der Waals surface area contributed by atoms with Gasteiger partial charge in [0.15, 0.2) is 10.9 Å². The molecule has 0 fully saturated rings. The Hall–Kier alpha value is -2.68. The van der Waals surface area contributed by atoms with E-state index in [2.05, 4.69) is 10.3 Å². The van der Waals surface area contributed by atoms with E-state index in [0.717, 1.165) is 17.3 Å². The molecule has 0 bridgehead atoms. The number of nitrogens with one attached hydrogen (secondary N) is 1. The third-order valence-electron chi connectivity index (χ3n) is 4.84. The predicted octanol–water partition coefficient (Wildman–Crippen LogP) is 3.10. The lowest BCUT2D eigenvalue weighted by Gasteiger charge is -2.17. The summed E-state index contributed by atoms with van der Waals surface area (Å²) in [5.74, 6) is -0.433. The van der Waals surface area contributed by atoms with Crippen LogP contribution in [0.5, 0.6) is 0 Å². The average molecular weight is 474 g/mol. The van der Waals surface area contributed by atoms with Crippen LogP contribution in [0.4, 0.5) is 0 Å². The largest absolute Gasteiger partial charge is 0.383 e. The topological polar surface area (TPSA) is 90.3 Å². The molecule has 3 rings (SSSR count). The van der Waals surface area contributed by atoms with E-state index in [1.165, 1.54) is 11.5 Å². The first-order valence-corrected chi connectivity index (χ1v) is 11.4. The van der Waals surface area contributed by atoms with Crippen LogP contribution >= 0.6 is 23.4 Å². The van der Waals surface area contributed by atoms with Crippen LogP contribution in [0.25, 0.3) is 10.9 Å². The number of carbonyl (C=O) groups excluding carboxylic acids is 2. The minimum Gasteiger partial charge on any atom is -0.383 e. The van der Waals surface area contributed by atoms with Crippen molar-refractivity contribution in [2.45, 2.75) is 31.1 Å². The van der Waals surface area contributed by atoms with E-state index in [1.54, 1.807) is 25.3 Å². The van der Waals surface area contributed by atoms with Crippen LogP contribution in [0.3, 0.4) is 0 Å². The molecule has 9 heteroatoms. The Balaban J connectivity index is 1.76. The number of fused-ring (bicyclic) bond motifs is 1. The Morgan fingerprint density at radius 3 is 2.66 bits per heavy atom. The van der Waals surface area contributed by atoms with Gasteiger partial charge in [-0.25, -0.2) is 4.98 Å². The van der Waals surface area contributed by atoms with Crippen LogP contribution in [0, 0.1) is 0 Å². The molecule has 7 nitrogen and oxygen atoms in total. The highest BCUT2D eigenvalue weighted by Gasteiger charge is 2.19. The monoisotopic (exact) mass is 473 g/mol. The molecule has 1 N–H and O–H groups in total. The zero-order valence-electron chi connectivity index (χ0n) is 17.8. The number of hydrogen-bond acceptors (Lipinski definition) is 6. The number of rotatable bonds is 10. The molecular formula is C23H24ClN3O4S. The maximum atomic E-state index is 12.9. The summed E-state index contributed by atoms with van der Waals surface area (Å²) in [6.07, 6.45) is 0.415. The Kier molecular flexibility index (Phi) is 8.44. The van der Waals surface area contributed by atoms with Crippen LogP contribution in [-0.2, 0) is 27.3 Å². The Labute approximate surface area is 195 Å². The quantitative estimate of drug-likeness (QED) is 0.359. The SMILES string of the molecule is COCCn1c(SCC(=O)NC(Cc2ccccc2)C(C)=O)nc2cc(Cl)ccc2c1=O. The number of methoxy groups -OCH3 is 1. The number of hydrogen-bond donors (Lipinski definition) is 1. The first-order chi connectivity index (χ1) is 15.4. The minimum absolute atomic E-state index is 0.00403. The summed E-state index contributed by atoms with van der Waals surface area (Å²) in [5, 5.41) is 4.09. The van der Waals surface area contributed by atoms with E-state index in [9.17, 15) is 14.4 Å². The van der Waals surface area contributed by atoms with Crippen LogP contribution in [0.2, 0.25) is 5.02 Å². The van der Waals surface area contributed by atoms with Gasteiger partial charge in [-0.05, 0) is 37.1 Å². The van der Waals surface area contributed by atoms with Crippen LogP contribution in [-0.4, -0.2) is 46.8 Å². The summed E-state index contributed by atoms with van der Waals surface area (Å²) in [7, 11) is 1.55. The molecule has 3 aromatic rings. The van der Waals surface area contributed by atoms with Gasteiger partial charge in [0.1, 0.15) is 0 Å². The molecule has 32 heavy (non-hydrogen) atoms. The fourth-order valence-corrected chi connectivity index (χ4v) is 4.18. The van der Waals surface area contributed by atoms with Gasteiger partial charge in [0, 0.05) is 12.1 Å². The zero-order chi connectivity index (χ0) is 23.1. The lowest BCUT2D eigenvalue weighted by molar-refractivity contribution is -0.125. The normalized spacial score (nSPS) is 12.0. The van der Waals surface area contributed by atoms with Crippen molar-refractivity contribution in [3.8, 4) is 0 Å². The smallest absolute Gasteiger partial charge is 0.262 e. The molecule has 1 aromatic heterocycles. The van der Waals surface area contributed by atoms with E-state index in [1.807, 2.05) is 30.3 Å². The van der Waals surface area contributed by atoms with Crippen molar-refractivity contribution in [3.63, 3.8) is 0 Å². The van der Waals surface area contributed by atoms with E-state index in [-0.39, 0.29) is 23.0 Å². The number of carbonyl (C=O) groups is 2. The summed E-state index contributed by atoms with van der Waals surface area (Å²) >= 11 is 7.19. The summed E-state index contributed by atoms with van der Waals surface area (Å²) < 4.78 is 6.60. The van der Waals surface area contributed by atoms with E-state index in [4.69, 9.17) is 16.3 Å². The van der Waals surface area contributed by atoms with Crippen LogP contribution < -0.4 is 10.9 Å². The fraction of sp³-hybridized carbons (Fsp3) is 0.304. The average Bonchev–Trinajstić information content (AvgIpc) is 2.77. The number of thioether (sulfide) groups is 1. The number of ether oxygens (including phenoxy) is 1. The third kappa shape index (κ3) is 6.18. The molecule has 0 saturated carbocycles. The molecule has 0 aliphatic rings. The number of aromatic nitrogens is 2. The van der Waals surface area contributed by atoms with Crippen LogP contribution in [0.15, 0.2) is 58.5 Å². The molecule has 1 amide bonds. The van der Waals surface area contributed by atoms with Gasteiger partial charge in [0.05, 0.1) is 35.8 Å². The fourth-order valence-electron chi connectivity index (χ4n) is 3.18. The number of Topliss-reactive ketones (excluding diaryl/α,β-unsaturated/α-hetero) is 1. The molecule has 0 aliphatic carbocycles. The molecule has 1 atom stereocenters. The predicted molar refractivity (Wildman–Crippen MR) is 126 cm³/mol. The van der Waals surface area contributed by atoms with Crippen molar-refractivity contribution < 1.29 is 14.3 Å². The van der Waals surface area contributed by atoms with Gasteiger partial charge in [-0.3, -0.25) is 19.0 Å². The van der Waals surface area contributed by atoms with Crippen molar-refractivity contribution in [1.82, 2.24) is 14.9 Å². The molecular weight excluding hydrogens is 450 g/mol. The number of halogens is 1. The van der Waals surface area contributed by atoms with E-state index >= 15 is 0 Å².